The van der Waals surface area contributed by atoms with Gasteiger partial charge in [-0.1, -0.05) is 0 Å². The van der Waals surface area contributed by atoms with Crippen LogP contribution in [0.1, 0.15) is 0 Å². The summed E-state index contributed by atoms with van der Waals surface area (Å²) in [6.07, 6.45) is 0. The SMILES string of the molecule is [AlH3].[AlH3].[MgH2].[MgH2].[Zn]. The standard InChI is InChI=1S/2Al.2Mg.Zn.10H. The van der Waals surface area contributed by atoms with E-state index in [-0.39, 0.29) is 100 Å². The zero-order chi connectivity index (χ0) is 0. The Labute approximate surface area is 98.5 Å². The van der Waals surface area contributed by atoms with Crippen molar-refractivity contribution in [3.05, 3.63) is 0 Å². The molecule has 0 saturated carbocycles. The molecule has 0 bridgehead atoms. The van der Waals surface area contributed by atoms with Crippen molar-refractivity contribution >= 4 is 80.8 Å². The molecular weight excluding hydrogens is 168 g/mol. The van der Waals surface area contributed by atoms with Gasteiger partial charge in [-0.15, -0.1) is 0 Å². The van der Waals surface area contributed by atoms with Crippen LogP contribution in [0.15, 0.2) is 0 Å². The van der Waals surface area contributed by atoms with Crippen molar-refractivity contribution in [1.29, 1.82) is 0 Å². The Balaban J connectivity index is 0. The molecule has 0 aliphatic heterocycles. The fourth-order valence-corrected chi connectivity index (χ4v) is 0. The third kappa shape index (κ3) is 19.0. The van der Waals surface area contributed by atoms with E-state index in [9.17, 15) is 0 Å². The Bertz CT molecular complexity index is 7.61. The van der Waals surface area contributed by atoms with Crippen molar-refractivity contribution in [2.24, 2.45) is 0 Å². The topological polar surface area (TPSA) is 0 Å². The summed E-state index contributed by atoms with van der Waals surface area (Å²) in [7, 11) is 0. The maximum Gasteiger partial charge on any atom is 0.316 e. The van der Waals surface area contributed by atoms with Crippen molar-refractivity contribution < 1.29 is 19.5 Å². The molecule has 0 radical (unpaired) electrons. The van der Waals surface area contributed by atoms with E-state index in [1.807, 2.05) is 0 Å². The largest absolute Gasteiger partial charge is 0.316 e. The smallest absolute Gasteiger partial charge is 0 e. The summed E-state index contributed by atoms with van der Waals surface area (Å²) < 4.78 is 0. The summed E-state index contributed by atoms with van der Waals surface area (Å²) in [5.74, 6) is 0. The van der Waals surface area contributed by atoms with Crippen LogP contribution in [-0.2, 0) is 19.5 Å². The van der Waals surface area contributed by atoms with Crippen LogP contribution in [0.25, 0.3) is 0 Å². The zero-order valence-electron chi connectivity index (χ0n) is 0.707. The minimum atomic E-state index is 0. The van der Waals surface area contributed by atoms with E-state index in [2.05, 4.69) is 0 Å². The fraction of sp³-hybridized carbons (Fsp3) is 0. The van der Waals surface area contributed by atoms with Crippen molar-refractivity contribution in [2.75, 3.05) is 0 Å². The Morgan fingerprint density at radius 2 is 0.600 bits per heavy atom. The van der Waals surface area contributed by atoms with Gasteiger partial charge in [0, 0.05) is 19.5 Å². The second kappa shape index (κ2) is 26.9. The molecule has 0 fully saturated rings. The van der Waals surface area contributed by atoms with E-state index >= 15 is 0 Å². The van der Waals surface area contributed by atoms with Crippen molar-refractivity contribution in [3.63, 3.8) is 0 Å². The summed E-state index contributed by atoms with van der Waals surface area (Å²) in [5, 5.41) is 0. The third-order valence-corrected chi connectivity index (χ3v) is 0. The second-order valence-electron chi connectivity index (χ2n) is 0. The van der Waals surface area contributed by atoms with Crippen molar-refractivity contribution in [1.82, 2.24) is 0 Å². The van der Waals surface area contributed by atoms with Gasteiger partial charge in [0.05, 0.1) is 0 Å². The van der Waals surface area contributed by atoms with Gasteiger partial charge in [0.25, 0.3) is 0 Å². The molecule has 22 valence electrons. The average molecular weight is 178 g/mol. The van der Waals surface area contributed by atoms with Crippen LogP contribution in [0.5, 0.6) is 0 Å². The van der Waals surface area contributed by atoms with Gasteiger partial charge < -0.3 is 0 Å². The summed E-state index contributed by atoms with van der Waals surface area (Å²) >= 11 is 0. The van der Waals surface area contributed by atoms with Crippen LogP contribution in [0.3, 0.4) is 0 Å². The Morgan fingerprint density at radius 1 is 0.600 bits per heavy atom. The van der Waals surface area contributed by atoms with Crippen LogP contribution >= 0.6 is 0 Å². The van der Waals surface area contributed by atoms with E-state index in [0.29, 0.717) is 0 Å². The monoisotopic (exact) mass is 176 g/mol. The van der Waals surface area contributed by atoms with Gasteiger partial charge in [0.15, 0.2) is 34.7 Å². The molecule has 0 N–H and O–H groups in total. The number of rotatable bonds is 0. The fourth-order valence-electron chi connectivity index (χ4n) is 0. The van der Waals surface area contributed by atoms with Crippen LogP contribution in [0.4, 0.5) is 0 Å². The zero-order valence-corrected chi connectivity index (χ0v) is 3.67. The van der Waals surface area contributed by atoms with E-state index < -0.39 is 0 Å². The first-order valence-electron chi connectivity index (χ1n) is 0. The minimum Gasteiger partial charge on any atom is 0 e. The molecule has 0 aromatic carbocycles. The molecule has 0 aliphatic carbocycles. The molecule has 0 aromatic heterocycles. The van der Waals surface area contributed by atoms with Crippen LogP contribution < -0.4 is 0 Å². The molecule has 0 amide bonds. The molecule has 0 spiro atoms. The molecule has 0 unspecified atom stereocenters. The van der Waals surface area contributed by atoms with E-state index in [0.717, 1.165) is 0 Å². The van der Waals surface area contributed by atoms with E-state index in [1.165, 1.54) is 0 Å². The number of hydrogen-bond donors (Lipinski definition) is 0. The van der Waals surface area contributed by atoms with Gasteiger partial charge >= 0.3 is 46.1 Å². The summed E-state index contributed by atoms with van der Waals surface area (Å²) in [6.45, 7) is 0. The summed E-state index contributed by atoms with van der Waals surface area (Å²) in [5.41, 5.74) is 0. The molecule has 0 heterocycles. The predicted molar refractivity (Wildman–Crippen MR) is 37.0 cm³/mol. The summed E-state index contributed by atoms with van der Waals surface area (Å²) in [6, 6.07) is 0. The molecule has 0 rings (SSSR count). The molecule has 5 heteroatoms. The Kier molecular flexibility index (Phi) is 223. The molecule has 0 saturated heterocycles. The molecular formula is H10Al2Mg2Zn. The second-order valence-corrected chi connectivity index (χ2v) is 0. The van der Waals surface area contributed by atoms with E-state index in [1.54, 1.807) is 0 Å². The Hall–Kier alpha value is 3.22. The van der Waals surface area contributed by atoms with Crippen LogP contribution in [0.2, 0.25) is 0 Å². The predicted octanol–water partition coefficient (Wildman–Crippen LogP) is -4.20. The van der Waals surface area contributed by atoms with Gasteiger partial charge in [-0.25, -0.2) is 0 Å². The number of hydrogen-bond acceptors (Lipinski definition) is 0. The van der Waals surface area contributed by atoms with Crippen LogP contribution in [-0.4, -0.2) is 80.8 Å². The third-order valence-electron chi connectivity index (χ3n) is 0. The maximum absolute atomic E-state index is 0. The first kappa shape index (κ1) is 41.3. The van der Waals surface area contributed by atoms with E-state index in [4.69, 9.17) is 0 Å². The average Bonchev–Trinajstić information content (AvgIpc) is 0. The maximum atomic E-state index is 0. The Morgan fingerprint density at radius 3 is 0.600 bits per heavy atom. The van der Waals surface area contributed by atoms with Crippen LogP contribution in [0, 0.1) is 0 Å². The van der Waals surface area contributed by atoms with Gasteiger partial charge in [0.1, 0.15) is 0 Å². The van der Waals surface area contributed by atoms with Crippen molar-refractivity contribution in [3.8, 4) is 0 Å². The minimum absolute atomic E-state index is 0. The molecule has 0 atom stereocenters. The van der Waals surface area contributed by atoms with Gasteiger partial charge in [0.2, 0.25) is 0 Å². The molecule has 0 nitrogen and oxygen atoms in total. The van der Waals surface area contributed by atoms with Gasteiger partial charge in [-0.2, -0.15) is 0 Å². The quantitative estimate of drug-likeness (QED) is 0.330. The van der Waals surface area contributed by atoms with Gasteiger partial charge in [-0.05, 0) is 0 Å². The summed E-state index contributed by atoms with van der Waals surface area (Å²) in [4.78, 5) is 0. The van der Waals surface area contributed by atoms with Gasteiger partial charge in [-0.3, -0.25) is 0 Å². The molecule has 5 heavy (non-hydrogen) atoms. The molecule has 0 aromatic rings. The first-order valence-corrected chi connectivity index (χ1v) is 0. The normalized spacial score (nSPS) is 0. The molecule has 0 aliphatic rings. The first-order chi connectivity index (χ1) is 0. The van der Waals surface area contributed by atoms with Crippen molar-refractivity contribution in [2.45, 2.75) is 0 Å².